The topological polar surface area (TPSA) is 87.9 Å². The van der Waals surface area contributed by atoms with Crippen molar-refractivity contribution in [1.29, 1.82) is 0 Å². The molecule has 0 bridgehead atoms. The second-order valence-electron chi connectivity index (χ2n) is 15.0. The van der Waals surface area contributed by atoms with Gasteiger partial charge in [-0.3, -0.25) is 4.79 Å². The lowest BCUT2D eigenvalue weighted by molar-refractivity contribution is -0.170. The molecule has 3 aromatic carbocycles. The van der Waals surface area contributed by atoms with E-state index in [1.165, 1.54) is 19.3 Å². The molecule has 2 saturated heterocycles. The predicted molar refractivity (Wildman–Crippen MR) is 208 cm³/mol. The molecule has 3 fully saturated rings. The van der Waals surface area contributed by atoms with Crippen LogP contribution in [0.1, 0.15) is 74.6 Å². The molecular formula is C44H50N4O5. The zero-order valence-electron chi connectivity index (χ0n) is 31.0. The lowest BCUT2D eigenvalue weighted by Gasteiger charge is -2.38. The van der Waals surface area contributed by atoms with Crippen LogP contribution in [-0.2, 0) is 28.5 Å². The SMILES string of the molecule is COc1cc(=O)n(C)cc1-c1ccc2nc(N3CCCCC3)nc(C(COC3CCCCO3)(CC3CC3)c3ccc(OCc4ccccc4)cc3)c2c1. The summed E-state index contributed by atoms with van der Waals surface area (Å²) in [5.74, 6) is 2.68. The summed E-state index contributed by atoms with van der Waals surface area (Å²) in [5, 5.41) is 0.970. The van der Waals surface area contributed by atoms with Gasteiger partial charge in [-0.25, -0.2) is 9.97 Å². The first-order chi connectivity index (χ1) is 26.0. The number of ether oxygens (including phenoxy) is 4. The summed E-state index contributed by atoms with van der Waals surface area (Å²) >= 11 is 0. The summed E-state index contributed by atoms with van der Waals surface area (Å²) in [6, 6.07) is 26.8. The zero-order valence-corrected chi connectivity index (χ0v) is 31.0. The fraction of sp³-hybridized carbons (Fsp3) is 0.432. The summed E-state index contributed by atoms with van der Waals surface area (Å²) in [7, 11) is 3.38. The van der Waals surface area contributed by atoms with Gasteiger partial charge in [-0.2, -0.15) is 0 Å². The van der Waals surface area contributed by atoms with Gasteiger partial charge in [0.05, 0.1) is 30.3 Å². The molecule has 2 aromatic heterocycles. The number of benzene rings is 3. The first kappa shape index (κ1) is 35.3. The van der Waals surface area contributed by atoms with E-state index in [1.807, 2.05) is 24.4 Å². The molecule has 5 aromatic rings. The Hall–Kier alpha value is -4.73. The van der Waals surface area contributed by atoms with Crippen LogP contribution in [0, 0.1) is 5.92 Å². The predicted octanol–water partition coefficient (Wildman–Crippen LogP) is 8.20. The van der Waals surface area contributed by atoms with Crippen molar-refractivity contribution in [3.63, 3.8) is 0 Å². The van der Waals surface area contributed by atoms with Gasteiger partial charge in [-0.05, 0) is 91.8 Å². The number of nitrogens with zero attached hydrogens (tertiary/aromatic N) is 4. The molecule has 4 heterocycles. The van der Waals surface area contributed by atoms with Crippen molar-refractivity contribution in [3.05, 3.63) is 112 Å². The molecule has 276 valence electrons. The Morgan fingerprint density at radius 3 is 2.43 bits per heavy atom. The van der Waals surface area contributed by atoms with Gasteiger partial charge in [0.2, 0.25) is 5.95 Å². The maximum absolute atomic E-state index is 12.6. The smallest absolute Gasteiger partial charge is 0.254 e. The summed E-state index contributed by atoms with van der Waals surface area (Å²) in [5.41, 5.74) is 5.17. The normalized spacial score (nSPS) is 18.8. The van der Waals surface area contributed by atoms with Gasteiger partial charge in [-0.15, -0.1) is 0 Å². The van der Waals surface area contributed by atoms with Crippen LogP contribution in [0.15, 0.2) is 89.9 Å². The van der Waals surface area contributed by atoms with E-state index in [2.05, 4.69) is 59.5 Å². The van der Waals surface area contributed by atoms with Crippen molar-refractivity contribution in [1.82, 2.24) is 14.5 Å². The Labute approximate surface area is 311 Å². The highest BCUT2D eigenvalue weighted by Crippen LogP contribution is 2.48. The molecule has 3 aliphatic rings. The maximum atomic E-state index is 12.6. The molecule has 0 spiro atoms. The van der Waals surface area contributed by atoms with Gasteiger partial charge in [0.15, 0.2) is 6.29 Å². The van der Waals surface area contributed by atoms with Crippen LogP contribution in [0.3, 0.4) is 0 Å². The van der Waals surface area contributed by atoms with Crippen LogP contribution in [0.5, 0.6) is 11.5 Å². The third kappa shape index (κ3) is 7.82. The van der Waals surface area contributed by atoms with E-state index in [9.17, 15) is 4.79 Å². The largest absolute Gasteiger partial charge is 0.496 e. The fourth-order valence-corrected chi connectivity index (χ4v) is 7.95. The molecule has 9 nitrogen and oxygen atoms in total. The molecular weight excluding hydrogens is 665 g/mol. The summed E-state index contributed by atoms with van der Waals surface area (Å²) < 4.78 is 26.6. The van der Waals surface area contributed by atoms with Crippen molar-refractivity contribution >= 4 is 16.9 Å². The number of pyridine rings is 1. The third-order valence-corrected chi connectivity index (χ3v) is 11.1. The van der Waals surface area contributed by atoms with Gasteiger partial charge in [0, 0.05) is 50.0 Å². The quantitative estimate of drug-likeness (QED) is 0.121. The average molecular weight is 715 g/mol. The van der Waals surface area contributed by atoms with Gasteiger partial charge in [-0.1, -0.05) is 61.4 Å². The number of aryl methyl sites for hydroxylation is 1. The first-order valence-electron chi connectivity index (χ1n) is 19.3. The van der Waals surface area contributed by atoms with Crippen LogP contribution >= 0.6 is 0 Å². The highest BCUT2D eigenvalue weighted by Gasteiger charge is 2.44. The van der Waals surface area contributed by atoms with Crippen LogP contribution in [0.25, 0.3) is 22.0 Å². The third-order valence-electron chi connectivity index (χ3n) is 11.1. The molecule has 2 unspecified atom stereocenters. The van der Waals surface area contributed by atoms with E-state index >= 15 is 0 Å². The van der Waals surface area contributed by atoms with Gasteiger partial charge >= 0.3 is 0 Å². The Balaban J connectivity index is 1.30. The van der Waals surface area contributed by atoms with E-state index in [0.29, 0.717) is 31.5 Å². The van der Waals surface area contributed by atoms with Crippen LogP contribution in [-0.4, -0.2) is 54.2 Å². The van der Waals surface area contributed by atoms with Gasteiger partial charge < -0.3 is 28.4 Å². The Bertz CT molecular complexity index is 2070. The van der Waals surface area contributed by atoms with Crippen LogP contribution in [0.4, 0.5) is 5.95 Å². The molecule has 2 atom stereocenters. The zero-order chi connectivity index (χ0) is 36.2. The average Bonchev–Trinajstić information content (AvgIpc) is 4.04. The van der Waals surface area contributed by atoms with Gasteiger partial charge in [0.1, 0.15) is 18.1 Å². The molecule has 9 heteroatoms. The number of fused-ring (bicyclic) bond motifs is 1. The van der Waals surface area contributed by atoms with E-state index in [0.717, 1.165) is 102 Å². The molecule has 2 aliphatic heterocycles. The minimum atomic E-state index is -0.599. The Morgan fingerprint density at radius 1 is 0.887 bits per heavy atom. The number of methoxy groups -OCH3 is 1. The Kier molecular flexibility index (Phi) is 10.5. The molecule has 53 heavy (non-hydrogen) atoms. The number of anilines is 1. The fourth-order valence-electron chi connectivity index (χ4n) is 7.95. The van der Waals surface area contributed by atoms with E-state index in [-0.39, 0.29) is 11.8 Å². The summed E-state index contributed by atoms with van der Waals surface area (Å²) in [4.78, 5) is 25.8. The van der Waals surface area contributed by atoms with Crippen molar-refractivity contribution in [2.75, 3.05) is 38.3 Å². The number of hydrogen-bond donors (Lipinski definition) is 0. The van der Waals surface area contributed by atoms with Crippen LogP contribution < -0.4 is 19.9 Å². The second-order valence-corrected chi connectivity index (χ2v) is 15.0. The minimum Gasteiger partial charge on any atom is -0.496 e. The first-order valence-corrected chi connectivity index (χ1v) is 19.3. The number of piperidine rings is 1. The van der Waals surface area contributed by atoms with E-state index < -0.39 is 5.41 Å². The molecule has 1 aliphatic carbocycles. The van der Waals surface area contributed by atoms with Crippen molar-refractivity contribution in [2.45, 2.75) is 76.1 Å². The lowest BCUT2D eigenvalue weighted by atomic mass is 9.72. The minimum absolute atomic E-state index is 0.122. The highest BCUT2D eigenvalue weighted by molar-refractivity contribution is 5.89. The highest BCUT2D eigenvalue weighted by atomic mass is 16.7. The monoisotopic (exact) mass is 714 g/mol. The standard InChI is InChI=1S/C44H50N4O5/c1-47-28-37(39(50-2)26-40(47)49)33-16-21-38-36(25-33)42(46-43(45-38)48-22-8-4-9-23-48)44(27-31-14-15-31,30-53-41-13-7-10-24-51-41)34-17-19-35(20-18-34)52-29-32-11-5-3-6-12-32/h3,5-6,11-12,16-21,25-26,28,31,41H,4,7-10,13-15,22-24,27,29-30H2,1-2H3. The lowest BCUT2D eigenvalue weighted by Crippen LogP contribution is -2.39. The second kappa shape index (κ2) is 15.7. The molecule has 8 rings (SSSR count). The molecule has 0 N–H and O–H groups in total. The summed E-state index contributed by atoms with van der Waals surface area (Å²) in [6.07, 6.45) is 11.4. The maximum Gasteiger partial charge on any atom is 0.254 e. The Morgan fingerprint density at radius 2 is 1.70 bits per heavy atom. The molecule has 0 radical (unpaired) electrons. The number of rotatable bonds is 13. The van der Waals surface area contributed by atoms with Crippen LogP contribution in [0.2, 0.25) is 0 Å². The number of hydrogen-bond acceptors (Lipinski definition) is 8. The van der Waals surface area contributed by atoms with Crippen molar-refractivity contribution in [3.8, 4) is 22.6 Å². The molecule has 1 saturated carbocycles. The number of aromatic nitrogens is 3. The van der Waals surface area contributed by atoms with Gasteiger partial charge in [0.25, 0.3) is 5.56 Å². The van der Waals surface area contributed by atoms with Crippen molar-refractivity contribution < 1.29 is 18.9 Å². The van der Waals surface area contributed by atoms with E-state index in [4.69, 9.17) is 28.9 Å². The molecule has 0 amide bonds. The van der Waals surface area contributed by atoms with E-state index in [1.54, 1.807) is 24.8 Å². The van der Waals surface area contributed by atoms with Crippen molar-refractivity contribution in [2.24, 2.45) is 13.0 Å². The summed E-state index contributed by atoms with van der Waals surface area (Å²) in [6.45, 7) is 3.52.